The van der Waals surface area contributed by atoms with Crippen molar-refractivity contribution in [1.29, 1.82) is 0 Å². The molecule has 0 unspecified atom stereocenters. The standard InChI is InChI=1S/C13H16BrNO2/c1-8(2)9(3)13(17)12-10(4-5-16)6-11(14)7-15-12/h6-7,16H,4-5H2,1-3H3. The molecule has 4 heteroatoms. The molecule has 17 heavy (non-hydrogen) atoms. The first kappa shape index (κ1) is 14.1. The van der Waals surface area contributed by atoms with Crippen molar-refractivity contribution in [2.45, 2.75) is 27.2 Å². The Morgan fingerprint density at radius 1 is 1.41 bits per heavy atom. The minimum atomic E-state index is -0.0686. The first-order valence-corrected chi connectivity index (χ1v) is 6.20. The number of aromatic nitrogens is 1. The van der Waals surface area contributed by atoms with Gasteiger partial charge in [-0.15, -0.1) is 0 Å². The number of carbonyl (C=O) groups excluding carboxylic acids is 1. The molecule has 0 atom stereocenters. The summed E-state index contributed by atoms with van der Waals surface area (Å²) in [7, 11) is 0. The highest BCUT2D eigenvalue weighted by molar-refractivity contribution is 9.10. The van der Waals surface area contributed by atoms with E-state index in [-0.39, 0.29) is 12.4 Å². The van der Waals surface area contributed by atoms with Crippen LogP contribution >= 0.6 is 15.9 Å². The van der Waals surface area contributed by atoms with Gasteiger partial charge in [-0.2, -0.15) is 0 Å². The zero-order chi connectivity index (χ0) is 13.0. The maximum atomic E-state index is 12.2. The monoisotopic (exact) mass is 297 g/mol. The Kier molecular flexibility index (Phi) is 5.02. The largest absolute Gasteiger partial charge is 0.396 e. The van der Waals surface area contributed by atoms with Crippen LogP contribution in [0.3, 0.4) is 0 Å². The predicted octanol–water partition coefficient (Wildman–Crippen LogP) is 2.92. The summed E-state index contributed by atoms with van der Waals surface area (Å²) in [4.78, 5) is 16.3. The number of Topliss-reactive ketones (excluding diaryl/α,β-unsaturated/α-hetero) is 1. The molecule has 1 rings (SSSR count). The second-order valence-corrected chi connectivity index (χ2v) is 5.00. The highest BCUT2D eigenvalue weighted by Crippen LogP contribution is 2.18. The Morgan fingerprint density at radius 2 is 2.06 bits per heavy atom. The first-order valence-electron chi connectivity index (χ1n) is 5.41. The quantitative estimate of drug-likeness (QED) is 0.687. The molecule has 1 N–H and O–H groups in total. The van der Waals surface area contributed by atoms with Crippen LogP contribution in [0.4, 0.5) is 0 Å². The molecule has 0 aromatic carbocycles. The molecule has 92 valence electrons. The summed E-state index contributed by atoms with van der Waals surface area (Å²) in [6.45, 7) is 5.60. The lowest BCUT2D eigenvalue weighted by Gasteiger charge is -2.08. The molecule has 0 spiro atoms. The molecule has 0 radical (unpaired) electrons. The number of hydrogen-bond acceptors (Lipinski definition) is 3. The van der Waals surface area contributed by atoms with E-state index in [0.29, 0.717) is 17.7 Å². The second kappa shape index (κ2) is 6.07. The fourth-order valence-corrected chi connectivity index (χ4v) is 1.78. The molecule has 0 aliphatic rings. The van der Waals surface area contributed by atoms with Gasteiger partial charge >= 0.3 is 0 Å². The fraction of sp³-hybridized carbons (Fsp3) is 0.385. The lowest BCUT2D eigenvalue weighted by Crippen LogP contribution is -2.10. The SMILES string of the molecule is CC(C)=C(C)C(=O)c1ncc(Br)cc1CCO. The molecule has 0 fully saturated rings. The van der Waals surface area contributed by atoms with Gasteiger partial charge < -0.3 is 5.11 Å². The van der Waals surface area contributed by atoms with Crippen LogP contribution in [0.5, 0.6) is 0 Å². The van der Waals surface area contributed by atoms with Gasteiger partial charge in [-0.1, -0.05) is 5.57 Å². The van der Waals surface area contributed by atoms with Crippen molar-refractivity contribution >= 4 is 21.7 Å². The van der Waals surface area contributed by atoms with Crippen molar-refractivity contribution in [3.05, 3.63) is 39.1 Å². The number of allylic oxidation sites excluding steroid dienone is 2. The lowest BCUT2D eigenvalue weighted by atomic mass is 10.0. The minimum absolute atomic E-state index is 0.00623. The third-order valence-electron chi connectivity index (χ3n) is 2.62. The Morgan fingerprint density at radius 3 is 2.59 bits per heavy atom. The van der Waals surface area contributed by atoms with E-state index in [1.807, 2.05) is 19.9 Å². The molecule has 1 aromatic heterocycles. The van der Waals surface area contributed by atoms with Gasteiger partial charge in [0.25, 0.3) is 0 Å². The van der Waals surface area contributed by atoms with Crippen LogP contribution < -0.4 is 0 Å². The Labute approximate surface area is 110 Å². The van der Waals surface area contributed by atoms with E-state index in [4.69, 9.17) is 5.11 Å². The van der Waals surface area contributed by atoms with Crippen molar-refractivity contribution in [3.63, 3.8) is 0 Å². The molecular formula is C13H16BrNO2. The number of nitrogens with zero attached hydrogens (tertiary/aromatic N) is 1. The van der Waals surface area contributed by atoms with Crippen molar-refractivity contribution < 1.29 is 9.90 Å². The van der Waals surface area contributed by atoms with Crippen LogP contribution in [-0.4, -0.2) is 22.5 Å². The number of carbonyl (C=O) groups is 1. The molecule has 0 saturated carbocycles. The third kappa shape index (κ3) is 3.48. The predicted molar refractivity (Wildman–Crippen MR) is 71.1 cm³/mol. The molecule has 3 nitrogen and oxygen atoms in total. The van der Waals surface area contributed by atoms with Crippen molar-refractivity contribution in [3.8, 4) is 0 Å². The zero-order valence-electron chi connectivity index (χ0n) is 10.2. The lowest BCUT2D eigenvalue weighted by molar-refractivity contribution is 0.102. The van der Waals surface area contributed by atoms with Gasteiger partial charge in [-0.25, -0.2) is 0 Å². The van der Waals surface area contributed by atoms with E-state index < -0.39 is 0 Å². The highest BCUT2D eigenvalue weighted by atomic mass is 79.9. The Hall–Kier alpha value is -1.00. The van der Waals surface area contributed by atoms with Gasteiger partial charge in [0.2, 0.25) is 5.78 Å². The molecule has 0 aliphatic carbocycles. The number of pyridine rings is 1. The van der Waals surface area contributed by atoms with Gasteiger partial charge in [0.15, 0.2) is 0 Å². The normalized spacial score (nSPS) is 10.2. The topological polar surface area (TPSA) is 50.2 Å². The van der Waals surface area contributed by atoms with Crippen LogP contribution in [0.2, 0.25) is 0 Å². The zero-order valence-corrected chi connectivity index (χ0v) is 11.8. The average Bonchev–Trinajstić information content (AvgIpc) is 2.27. The summed E-state index contributed by atoms with van der Waals surface area (Å²) in [5.41, 5.74) is 2.89. The van der Waals surface area contributed by atoms with Gasteiger partial charge in [-0.05, 0) is 60.3 Å². The summed E-state index contributed by atoms with van der Waals surface area (Å²) >= 11 is 3.31. The van der Waals surface area contributed by atoms with Crippen molar-refractivity contribution in [1.82, 2.24) is 4.98 Å². The van der Waals surface area contributed by atoms with Crippen molar-refractivity contribution in [2.24, 2.45) is 0 Å². The average molecular weight is 298 g/mol. The number of ketones is 1. The van der Waals surface area contributed by atoms with E-state index in [1.165, 1.54) is 0 Å². The summed E-state index contributed by atoms with van der Waals surface area (Å²) in [6.07, 6.45) is 2.04. The van der Waals surface area contributed by atoms with Gasteiger partial charge in [0.1, 0.15) is 5.69 Å². The highest BCUT2D eigenvalue weighted by Gasteiger charge is 2.15. The third-order valence-corrected chi connectivity index (χ3v) is 3.05. The molecule has 0 bridgehead atoms. The van der Waals surface area contributed by atoms with Crippen LogP contribution in [0.15, 0.2) is 27.9 Å². The van der Waals surface area contributed by atoms with Crippen LogP contribution in [-0.2, 0) is 6.42 Å². The summed E-state index contributed by atoms with van der Waals surface area (Å²) in [5.74, 6) is -0.0686. The Balaban J connectivity index is 3.22. The number of rotatable bonds is 4. The van der Waals surface area contributed by atoms with Gasteiger partial charge in [0, 0.05) is 17.3 Å². The number of aliphatic hydroxyl groups is 1. The molecule has 0 aliphatic heterocycles. The number of hydrogen-bond donors (Lipinski definition) is 1. The molecule has 1 heterocycles. The van der Waals surface area contributed by atoms with E-state index in [9.17, 15) is 4.79 Å². The summed E-state index contributed by atoms with van der Waals surface area (Å²) in [6, 6.07) is 1.83. The summed E-state index contributed by atoms with van der Waals surface area (Å²) < 4.78 is 0.812. The van der Waals surface area contributed by atoms with Gasteiger partial charge in [-0.3, -0.25) is 9.78 Å². The van der Waals surface area contributed by atoms with Crippen molar-refractivity contribution in [2.75, 3.05) is 6.61 Å². The summed E-state index contributed by atoms with van der Waals surface area (Å²) in [5, 5.41) is 9.00. The second-order valence-electron chi connectivity index (χ2n) is 4.09. The van der Waals surface area contributed by atoms with Crippen LogP contribution in [0.1, 0.15) is 36.8 Å². The van der Waals surface area contributed by atoms with E-state index in [0.717, 1.165) is 15.6 Å². The number of halogens is 1. The smallest absolute Gasteiger partial charge is 0.207 e. The molecule has 0 saturated heterocycles. The molecular weight excluding hydrogens is 282 g/mol. The van der Waals surface area contributed by atoms with Crippen LogP contribution in [0, 0.1) is 0 Å². The Bertz CT molecular complexity index is 462. The van der Waals surface area contributed by atoms with Gasteiger partial charge in [0.05, 0.1) is 0 Å². The minimum Gasteiger partial charge on any atom is -0.396 e. The molecule has 1 aromatic rings. The maximum absolute atomic E-state index is 12.2. The van der Waals surface area contributed by atoms with E-state index >= 15 is 0 Å². The maximum Gasteiger partial charge on any atom is 0.207 e. The van der Waals surface area contributed by atoms with E-state index in [2.05, 4.69) is 20.9 Å². The fourth-order valence-electron chi connectivity index (χ4n) is 1.40. The van der Waals surface area contributed by atoms with Crippen LogP contribution in [0.25, 0.3) is 0 Å². The number of aliphatic hydroxyl groups excluding tert-OH is 1. The first-order chi connectivity index (χ1) is 7.97. The van der Waals surface area contributed by atoms with E-state index in [1.54, 1.807) is 13.1 Å². The molecule has 0 amide bonds.